The fourth-order valence-corrected chi connectivity index (χ4v) is 5.75. The van der Waals surface area contributed by atoms with E-state index < -0.39 is 6.10 Å². The number of carbonyl (C=O) groups excluding carboxylic acids is 2. The van der Waals surface area contributed by atoms with Gasteiger partial charge in [0.15, 0.2) is 5.65 Å². The molecule has 3 aliphatic rings. The second-order valence-corrected chi connectivity index (χ2v) is 11.5. The number of rotatable bonds is 8. The second kappa shape index (κ2) is 10.4. The van der Waals surface area contributed by atoms with Crippen LogP contribution in [0.25, 0.3) is 5.65 Å². The number of hydrogen-bond donors (Lipinski definition) is 2. The second-order valence-electron chi connectivity index (χ2n) is 11.0. The average molecular weight is 572 g/mol. The predicted molar refractivity (Wildman–Crippen MR) is 155 cm³/mol. The maximum Gasteiger partial charge on any atom is 0.256 e. The number of halogens is 1. The SMILES string of the molecule is CC1OCCN(c2cc(C3CC3)cn3cc(CNc4cc(NC(=O)[C@H]5C[C@@H]5c5cccc(Cl)c5)ncn4)nc23)C1=O. The van der Waals surface area contributed by atoms with E-state index in [1.165, 1.54) is 11.9 Å². The number of nitrogens with one attached hydrogen (secondary N) is 2. The van der Waals surface area contributed by atoms with Crippen LogP contribution in [-0.4, -0.2) is 50.4 Å². The third-order valence-corrected chi connectivity index (χ3v) is 8.25. The summed E-state index contributed by atoms with van der Waals surface area (Å²) in [4.78, 5) is 41.0. The molecular weight excluding hydrogens is 542 g/mol. The molecule has 11 heteroatoms. The number of morpholine rings is 1. The van der Waals surface area contributed by atoms with Crippen LogP contribution in [0.1, 0.15) is 54.8 Å². The number of imidazole rings is 1. The number of amides is 2. The van der Waals surface area contributed by atoms with Crippen molar-refractivity contribution >= 4 is 46.4 Å². The Labute approximate surface area is 242 Å². The molecule has 210 valence electrons. The van der Waals surface area contributed by atoms with Crippen molar-refractivity contribution in [2.24, 2.45) is 5.92 Å². The predicted octanol–water partition coefficient (Wildman–Crippen LogP) is 4.76. The van der Waals surface area contributed by atoms with Crippen molar-refractivity contribution in [1.29, 1.82) is 0 Å². The van der Waals surface area contributed by atoms with Gasteiger partial charge in [0, 0.05) is 35.9 Å². The summed E-state index contributed by atoms with van der Waals surface area (Å²) in [7, 11) is 0. The van der Waals surface area contributed by atoms with Gasteiger partial charge in [-0.25, -0.2) is 15.0 Å². The Hall–Kier alpha value is -4.02. The first-order valence-corrected chi connectivity index (χ1v) is 14.4. The third kappa shape index (κ3) is 5.37. The van der Waals surface area contributed by atoms with Crippen molar-refractivity contribution in [2.45, 2.75) is 50.7 Å². The van der Waals surface area contributed by atoms with Crippen molar-refractivity contribution in [2.75, 3.05) is 28.7 Å². The molecule has 2 amide bonds. The van der Waals surface area contributed by atoms with Gasteiger partial charge in [-0.2, -0.15) is 0 Å². The molecule has 1 saturated heterocycles. The van der Waals surface area contributed by atoms with Crippen LogP contribution >= 0.6 is 11.6 Å². The average Bonchev–Trinajstić information content (AvgIpc) is 3.90. The molecule has 0 spiro atoms. The third-order valence-electron chi connectivity index (χ3n) is 8.01. The molecule has 7 rings (SSSR count). The molecule has 4 heterocycles. The maximum atomic E-state index is 12.9. The number of ether oxygens (including phenoxy) is 1. The molecule has 41 heavy (non-hydrogen) atoms. The number of nitrogens with zero attached hydrogens (tertiary/aromatic N) is 5. The Morgan fingerprint density at radius 1 is 1.12 bits per heavy atom. The van der Waals surface area contributed by atoms with Gasteiger partial charge < -0.3 is 24.7 Å². The van der Waals surface area contributed by atoms with E-state index in [9.17, 15) is 9.59 Å². The molecule has 1 aliphatic heterocycles. The van der Waals surface area contributed by atoms with E-state index in [2.05, 4.69) is 32.9 Å². The lowest BCUT2D eigenvalue weighted by Crippen LogP contribution is -2.46. The maximum absolute atomic E-state index is 12.9. The molecule has 3 atom stereocenters. The summed E-state index contributed by atoms with van der Waals surface area (Å²) in [5, 5.41) is 6.89. The van der Waals surface area contributed by atoms with E-state index in [1.807, 2.05) is 34.9 Å². The summed E-state index contributed by atoms with van der Waals surface area (Å²) in [5.74, 6) is 1.50. The zero-order valence-electron chi connectivity index (χ0n) is 22.6. The fourth-order valence-electron chi connectivity index (χ4n) is 5.55. The first-order valence-electron chi connectivity index (χ1n) is 14.0. The van der Waals surface area contributed by atoms with Crippen LogP contribution in [-0.2, 0) is 20.9 Å². The van der Waals surface area contributed by atoms with Gasteiger partial charge in [-0.05, 0) is 67.3 Å². The van der Waals surface area contributed by atoms with Crippen molar-refractivity contribution in [3.8, 4) is 0 Å². The van der Waals surface area contributed by atoms with Gasteiger partial charge in [0.05, 0.1) is 24.5 Å². The first-order chi connectivity index (χ1) is 19.9. The standard InChI is InChI=1S/C30H30ClN7O3/c1-17-30(40)38(7-8-41-17)25-10-20(18-5-6-18)14-37-15-22(35-28(25)37)13-32-26-12-27(34-16-33-26)36-29(39)24-11-23(24)19-3-2-4-21(31)9-19/h2-4,9-10,12,14-18,23-24H,5-8,11,13H2,1H3,(H2,32,33,34,36,39)/t17?,23-,24+/m1/s1. The van der Waals surface area contributed by atoms with E-state index >= 15 is 0 Å². The number of pyridine rings is 1. The minimum absolute atomic E-state index is 0.0468. The van der Waals surface area contributed by atoms with Crippen molar-refractivity contribution < 1.29 is 14.3 Å². The minimum atomic E-state index is -0.473. The van der Waals surface area contributed by atoms with Crippen molar-refractivity contribution in [3.05, 3.63) is 77.0 Å². The highest BCUT2D eigenvalue weighted by Gasteiger charge is 2.44. The summed E-state index contributed by atoms with van der Waals surface area (Å²) in [5.41, 5.74) is 4.67. The normalized spacial score (nSPS) is 22.1. The van der Waals surface area contributed by atoms with E-state index in [0.29, 0.717) is 42.3 Å². The van der Waals surface area contributed by atoms with Crippen LogP contribution in [0.2, 0.25) is 5.02 Å². The van der Waals surface area contributed by atoms with Gasteiger partial charge in [0.25, 0.3) is 5.91 Å². The molecule has 2 N–H and O–H groups in total. The molecule has 0 bridgehead atoms. The molecule has 4 aromatic rings. The summed E-state index contributed by atoms with van der Waals surface area (Å²) < 4.78 is 7.56. The van der Waals surface area contributed by atoms with Gasteiger partial charge in [0.1, 0.15) is 24.1 Å². The zero-order valence-corrected chi connectivity index (χ0v) is 23.3. The number of carbonyl (C=O) groups is 2. The van der Waals surface area contributed by atoms with Crippen LogP contribution < -0.4 is 15.5 Å². The van der Waals surface area contributed by atoms with Gasteiger partial charge in [-0.3, -0.25) is 9.59 Å². The summed E-state index contributed by atoms with van der Waals surface area (Å²) in [6.45, 7) is 3.20. The molecule has 0 radical (unpaired) electrons. The first kappa shape index (κ1) is 25.9. The topological polar surface area (TPSA) is 114 Å². The minimum Gasteiger partial charge on any atom is -0.367 e. The summed E-state index contributed by atoms with van der Waals surface area (Å²) >= 11 is 6.11. The highest BCUT2D eigenvalue weighted by atomic mass is 35.5. The molecule has 2 aliphatic carbocycles. The molecule has 1 unspecified atom stereocenters. The van der Waals surface area contributed by atoms with E-state index in [4.69, 9.17) is 21.3 Å². The lowest BCUT2D eigenvalue weighted by Gasteiger charge is -2.31. The Balaban J connectivity index is 1.05. The number of aromatic nitrogens is 4. The summed E-state index contributed by atoms with van der Waals surface area (Å²) in [6.07, 6.45) is 8.17. The Morgan fingerprint density at radius 3 is 2.80 bits per heavy atom. The van der Waals surface area contributed by atoms with Crippen LogP contribution in [0.15, 0.2) is 55.1 Å². The van der Waals surface area contributed by atoms with Crippen LogP contribution in [0.5, 0.6) is 0 Å². The van der Waals surface area contributed by atoms with E-state index in [1.54, 1.807) is 17.9 Å². The number of fused-ring (bicyclic) bond motifs is 1. The van der Waals surface area contributed by atoms with E-state index in [0.717, 1.165) is 41.9 Å². The van der Waals surface area contributed by atoms with Crippen LogP contribution in [0, 0.1) is 5.92 Å². The van der Waals surface area contributed by atoms with Crippen LogP contribution in [0.4, 0.5) is 17.3 Å². The quantitative estimate of drug-likeness (QED) is 0.313. The van der Waals surface area contributed by atoms with Gasteiger partial charge >= 0.3 is 0 Å². The molecular formula is C30H30ClN7O3. The van der Waals surface area contributed by atoms with Gasteiger partial charge in [-0.15, -0.1) is 0 Å². The largest absolute Gasteiger partial charge is 0.367 e. The lowest BCUT2D eigenvalue weighted by atomic mass is 10.1. The fraction of sp³-hybridized carbons (Fsp3) is 0.367. The highest BCUT2D eigenvalue weighted by molar-refractivity contribution is 6.30. The van der Waals surface area contributed by atoms with E-state index in [-0.39, 0.29) is 23.7 Å². The molecule has 2 saturated carbocycles. The Bertz CT molecular complexity index is 1650. The monoisotopic (exact) mass is 571 g/mol. The van der Waals surface area contributed by atoms with Crippen LogP contribution in [0.3, 0.4) is 0 Å². The number of benzene rings is 1. The smallest absolute Gasteiger partial charge is 0.256 e. The Kier molecular flexibility index (Phi) is 6.59. The lowest BCUT2D eigenvalue weighted by molar-refractivity contribution is -0.132. The highest BCUT2D eigenvalue weighted by Crippen LogP contribution is 2.48. The molecule has 1 aromatic carbocycles. The zero-order chi connectivity index (χ0) is 28.1. The molecule has 3 fully saturated rings. The molecule has 3 aromatic heterocycles. The van der Waals surface area contributed by atoms with Gasteiger partial charge in [-0.1, -0.05) is 23.7 Å². The number of anilines is 3. The number of hydrogen-bond acceptors (Lipinski definition) is 7. The Morgan fingerprint density at radius 2 is 1.98 bits per heavy atom. The van der Waals surface area contributed by atoms with Gasteiger partial charge in [0.2, 0.25) is 5.91 Å². The molecule has 10 nitrogen and oxygen atoms in total. The van der Waals surface area contributed by atoms with Crippen molar-refractivity contribution in [3.63, 3.8) is 0 Å². The van der Waals surface area contributed by atoms with Crippen molar-refractivity contribution in [1.82, 2.24) is 19.4 Å². The summed E-state index contributed by atoms with van der Waals surface area (Å²) in [6, 6.07) is 11.5.